The van der Waals surface area contributed by atoms with E-state index in [0.717, 1.165) is 43.4 Å². The summed E-state index contributed by atoms with van der Waals surface area (Å²) in [6, 6.07) is 7.12. The average Bonchev–Trinajstić information content (AvgIpc) is 3.63. The van der Waals surface area contributed by atoms with Crippen molar-refractivity contribution < 1.29 is 34.1 Å². The van der Waals surface area contributed by atoms with Crippen molar-refractivity contribution >= 4 is 18.3 Å². The second kappa shape index (κ2) is 10.8. The second-order valence-electron chi connectivity index (χ2n) is 8.59. The Balaban J connectivity index is 0.000000913. The van der Waals surface area contributed by atoms with Crippen molar-refractivity contribution in [3.05, 3.63) is 29.8 Å². The predicted octanol–water partition coefficient (Wildman–Crippen LogP) is 1.64. The van der Waals surface area contributed by atoms with Crippen molar-refractivity contribution in [1.82, 2.24) is 10.2 Å². The molecule has 9 heteroatoms. The van der Waals surface area contributed by atoms with Gasteiger partial charge in [0.25, 0.3) is 12.4 Å². The van der Waals surface area contributed by atoms with Gasteiger partial charge in [-0.2, -0.15) is 0 Å². The maximum atomic E-state index is 13.1. The first-order chi connectivity index (χ1) is 15.4. The number of carboxylic acid groups (broad SMARTS) is 1. The number of ether oxygens (including phenoxy) is 2. The monoisotopic (exact) mass is 448 g/mol. The quantitative estimate of drug-likeness (QED) is 0.565. The maximum absolute atomic E-state index is 13.1. The van der Waals surface area contributed by atoms with Crippen LogP contribution in [-0.2, 0) is 19.1 Å². The molecule has 1 heterocycles. The van der Waals surface area contributed by atoms with E-state index in [0.29, 0.717) is 12.8 Å². The molecule has 0 unspecified atom stereocenters. The number of aliphatic hydroxyl groups is 1. The Hall–Kier alpha value is -2.65. The smallest absolute Gasteiger partial charge is 0.290 e. The summed E-state index contributed by atoms with van der Waals surface area (Å²) in [5.74, 6) is 0.363. The first-order valence-electron chi connectivity index (χ1n) is 11.1. The number of hydrogen-bond acceptors (Lipinski definition) is 6. The number of rotatable bonds is 6. The van der Waals surface area contributed by atoms with Crippen LogP contribution >= 0.6 is 0 Å². The minimum atomic E-state index is -0.843. The lowest BCUT2D eigenvalue weighted by atomic mass is 9.85. The highest BCUT2D eigenvalue weighted by atomic mass is 16.5. The largest absolute Gasteiger partial charge is 0.497 e. The summed E-state index contributed by atoms with van der Waals surface area (Å²) < 4.78 is 11.0. The van der Waals surface area contributed by atoms with Gasteiger partial charge in [-0.3, -0.25) is 14.4 Å². The van der Waals surface area contributed by atoms with E-state index >= 15 is 0 Å². The fourth-order valence-electron chi connectivity index (χ4n) is 4.51. The van der Waals surface area contributed by atoms with Gasteiger partial charge in [-0.15, -0.1) is 0 Å². The van der Waals surface area contributed by atoms with E-state index < -0.39 is 17.7 Å². The third-order valence-corrected chi connectivity index (χ3v) is 6.29. The van der Waals surface area contributed by atoms with Crippen LogP contribution in [-0.4, -0.2) is 71.4 Å². The number of methoxy groups -OCH3 is 1. The van der Waals surface area contributed by atoms with Crippen LogP contribution in [0, 0.1) is 0 Å². The van der Waals surface area contributed by atoms with Crippen LogP contribution < -0.4 is 10.1 Å². The molecule has 2 amide bonds. The van der Waals surface area contributed by atoms with Crippen LogP contribution in [0.1, 0.15) is 56.6 Å². The zero-order chi connectivity index (χ0) is 23.1. The molecule has 3 N–H and O–H groups in total. The average molecular weight is 449 g/mol. The number of carbonyl (C=O) groups excluding carboxylic acids is 2. The van der Waals surface area contributed by atoms with Crippen LogP contribution in [0.5, 0.6) is 5.75 Å². The first kappa shape index (κ1) is 24.0. The van der Waals surface area contributed by atoms with Crippen LogP contribution in [0.25, 0.3) is 0 Å². The molecule has 2 saturated carbocycles. The number of morpholine rings is 1. The van der Waals surface area contributed by atoms with E-state index in [4.69, 9.17) is 19.4 Å². The highest BCUT2D eigenvalue weighted by molar-refractivity contribution is 5.86. The number of carbonyl (C=O) groups is 3. The number of benzene rings is 1. The van der Waals surface area contributed by atoms with E-state index in [1.54, 1.807) is 7.11 Å². The summed E-state index contributed by atoms with van der Waals surface area (Å²) >= 11 is 0. The Morgan fingerprint density at radius 3 is 2.44 bits per heavy atom. The summed E-state index contributed by atoms with van der Waals surface area (Å²) in [4.78, 5) is 35.9. The molecule has 0 aromatic heterocycles. The van der Waals surface area contributed by atoms with Gasteiger partial charge >= 0.3 is 0 Å². The zero-order valence-corrected chi connectivity index (χ0v) is 18.4. The highest BCUT2D eigenvalue weighted by Gasteiger charge is 2.47. The third-order valence-electron chi connectivity index (χ3n) is 6.29. The van der Waals surface area contributed by atoms with E-state index in [-0.39, 0.29) is 37.5 Å². The molecule has 1 aromatic rings. The van der Waals surface area contributed by atoms with E-state index in [9.17, 15) is 14.7 Å². The molecule has 0 spiro atoms. The topological polar surface area (TPSA) is 125 Å². The SMILES string of the molecule is COc1ccc([C@@H]2[C@@H](C(=O)NCC3(O)CCCCC3)OCC(=O)N2C2CC2)cc1.O=CO. The summed E-state index contributed by atoms with van der Waals surface area (Å²) in [6.45, 7) is -0.121. The van der Waals surface area contributed by atoms with Gasteiger partial charge in [0.1, 0.15) is 12.4 Å². The molecule has 3 fully saturated rings. The lowest BCUT2D eigenvalue weighted by Gasteiger charge is -2.41. The number of nitrogens with one attached hydrogen (secondary N) is 1. The van der Waals surface area contributed by atoms with Crippen LogP contribution in [0.15, 0.2) is 24.3 Å². The van der Waals surface area contributed by atoms with Crippen molar-refractivity contribution in [3.63, 3.8) is 0 Å². The highest BCUT2D eigenvalue weighted by Crippen LogP contribution is 2.40. The van der Waals surface area contributed by atoms with Crippen LogP contribution in [0.2, 0.25) is 0 Å². The Labute approximate surface area is 187 Å². The third kappa shape index (κ3) is 5.77. The normalized spacial score (nSPS) is 24.7. The standard InChI is InChI=1S/C22H30N2O5.CH2O2/c1-28-17-9-5-15(6-10-17)19-20(29-13-18(25)24(19)16-7-8-16)21(26)23-14-22(27)11-3-2-4-12-22;2-1-3/h5-6,9-10,16,19-20,27H,2-4,7-8,11-14H2,1H3,(H,23,26);1H,(H,2,3)/t19-,20+;/m1./s1. The minimum absolute atomic E-state index is 0.0803. The number of nitrogens with zero attached hydrogens (tertiary/aromatic N) is 1. The molecule has 9 nitrogen and oxygen atoms in total. The molecular formula is C23H32N2O7. The molecule has 1 aliphatic heterocycles. The van der Waals surface area contributed by atoms with Crippen LogP contribution in [0.4, 0.5) is 0 Å². The second-order valence-corrected chi connectivity index (χ2v) is 8.59. The molecule has 3 aliphatic rings. The molecule has 1 aromatic carbocycles. The van der Waals surface area contributed by atoms with E-state index in [1.165, 1.54) is 0 Å². The van der Waals surface area contributed by atoms with Gasteiger partial charge in [-0.05, 0) is 43.4 Å². The molecule has 32 heavy (non-hydrogen) atoms. The Morgan fingerprint density at radius 2 is 1.88 bits per heavy atom. The molecule has 2 atom stereocenters. The summed E-state index contributed by atoms with van der Waals surface area (Å²) in [5.41, 5.74) is 0.00626. The zero-order valence-electron chi connectivity index (χ0n) is 18.4. The molecule has 1 saturated heterocycles. The summed E-state index contributed by atoms with van der Waals surface area (Å²) in [6.07, 6.45) is 5.59. The first-order valence-corrected chi connectivity index (χ1v) is 11.1. The lowest BCUT2D eigenvalue weighted by molar-refractivity contribution is -0.165. The molecule has 0 radical (unpaired) electrons. The van der Waals surface area contributed by atoms with E-state index in [1.807, 2.05) is 29.2 Å². The summed E-state index contributed by atoms with van der Waals surface area (Å²) in [7, 11) is 1.60. The van der Waals surface area contributed by atoms with Crippen molar-refractivity contribution in [1.29, 1.82) is 0 Å². The minimum Gasteiger partial charge on any atom is -0.497 e. The molecular weight excluding hydrogens is 416 g/mol. The number of hydrogen-bond donors (Lipinski definition) is 3. The Morgan fingerprint density at radius 1 is 1.25 bits per heavy atom. The molecule has 2 aliphatic carbocycles. The molecule has 4 rings (SSSR count). The predicted molar refractivity (Wildman–Crippen MR) is 115 cm³/mol. The van der Waals surface area contributed by atoms with Gasteiger partial charge in [0.15, 0.2) is 6.10 Å². The van der Waals surface area contributed by atoms with Gasteiger partial charge in [-0.1, -0.05) is 31.4 Å². The molecule has 0 bridgehead atoms. The Bertz CT molecular complexity index is 788. The van der Waals surface area contributed by atoms with Gasteiger partial charge < -0.3 is 29.9 Å². The fourth-order valence-corrected chi connectivity index (χ4v) is 4.51. The van der Waals surface area contributed by atoms with Crippen LogP contribution in [0.3, 0.4) is 0 Å². The van der Waals surface area contributed by atoms with E-state index in [2.05, 4.69) is 5.32 Å². The molecule has 176 valence electrons. The van der Waals surface area contributed by atoms with Gasteiger partial charge in [0, 0.05) is 12.6 Å². The Kier molecular flexibility index (Phi) is 8.09. The van der Waals surface area contributed by atoms with Crippen molar-refractivity contribution in [3.8, 4) is 5.75 Å². The van der Waals surface area contributed by atoms with Crippen molar-refractivity contribution in [2.45, 2.75) is 68.7 Å². The van der Waals surface area contributed by atoms with Gasteiger partial charge in [-0.25, -0.2) is 0 Å². The lowest BCUT2D eigenvalue weighted by Crippen LogP contribution is -2.56. The van der Waals surface area contributed by atoms with Crippen molar-refractivity contribution in [2.24, 2.45) is 0 Å². The maximum Gasteiger partial charge on any atom is 0.290 e. The summed E-state index contributed by atoms with van der Waals surface area (Å²) in [5, 5.41) is 20.5. The van der Waals surface area contributed by atoms with Gasteiger partial charge in [0.05, 0.1) is 18.8 Å². The number of amides is 2. The fraction of sp³-hybridized carbons (Fsp3) is 0.609. The van der Waals surface area contributed by atoms with Gasteiger partial charge in [0.2, 0.25) is 5.91 Å². The van der Waals surface area contributed by atoms with Crippen molar-refractivity contribution in [2.75, 3.05) is 20.3 Å².